The molecule has 0 radical (unpaired) electrons. The third-order valence-corrected chi connectivity index (χ3v) is 4.60. The van der Waals surface area contributed by atoms with Gasteiger partial charge in [-0.2, -0.15) is 0 Å². The molecule has 3 heteroatoms. The van der Waals surface area contributed by atoms with Crippen LogP contribution in [0.15, 0.2) is 0 Å². The number of aliphatic hydroxyl groups excluding tert-OH is 1. The Kier molecular flexibility index (Phi) is 5.64. The Morgan fingerprint density at radius 1 is 1.11 bits per heavy atom. The molecule has 0 aromatic heterocycles. The van der Waals surface area contributed by atoms with Crippen molar-refractivity contribution in [1.82, 2.24) is 4.90 Å². The van der Waals surface area contributed by atoms with Crippen LogP contribution < -0.4 is 0 Å². The maximum absolute atomic E-state index is 12.1. The zero-order chi connectivity index (χ0) is 12.8. The van der Waals surface area contributed by atoms with Gasteiger partial charge in [0.1, 0.15) is 5.78 Å². The van der Waals surface area contributed by atoms with E-state index in [1.165, 1.54) is 32.1 Å². The van der Waals surface area contributed by atoms with Crippen LogP contribution in [0.5, 0.6) is 0 Å². The minimum absolute atomic E-state index is 0.270. The minimum atomic E-state index is 0.270. The number of ketones is 1. The van der Waals surface area contributed by atoms with Gasteiger partial charge in [-0.25, -0.2) is 0 Å². The number of piperidine rings is 1. The zero-order valence-corrected chi connectivity index (χ0v) is 11.4. The number of carbonyl (C=O) groups excluding carboxylic acids is 1. The van der Waals surface area contributed by atoms with E-state index in [4.69, 9.17) is 5.11 Å². The van der Waals surface area contributed by atoms with Crippen molar-refractivity contribution < 1.29 is 9.90 Å². The van der Waals surface area contributed by atoms with Gasteiger partial charge in [0.2, 0.25) is 0 Å². The Labute approximate surface area is 111 Å². The van der Waals surface area contributed by atoms with Crippen molar-refractivity contribution in [3.05, 3.63) is 0 Å². The molecular weight excluding hydrogens is 226 g/mol. The van der Waals surface area contributed by atoms with Crippen LogP contribution in [-0.4, -0.2) is 41.5 Å². The van der Waals surface area contributed by atoms with Crippen molar-refractivity contribution in [2.45, 2.75) is 63.8 Å². The fourth-order valence-electron chi connectivity index (χ4n) is 3.48. The molecule has 0 aromatic carbocycles. The van der Waals surface area contributed by atoms with Crippen molar-refractivity contribution in [2.24, 2.45) is 5.92 Å². The van der Waals surface area contributed by atoms with Gasteiger partial charge in [-0.15, -0.1) is 0 Å². The Morgan fingerprint density at radius 2 is 1.94 bits per heavy atom. The van der Waals surface area contributed by atoms with Gasteiger partial charge in [-0.05, 0) is 38.6 Å². The normalized spacial score (nSPS) is 31.3. The Bertz CT molecular complexity index is 265. The number of Topliss-reactive ketones (excluding diaryl/α,β-unsaturated/α-hetero) is 1. The second kappa shape index (κ2) is 7.25. The van der Waals surface area contributed by atoms with Crippen molar-refractivity contribution in [3.63, 3.8) is 0 Å². The van der Waals surface area contributed by atoms with Crippen molar-refractivity contribution in [1.29, 1.82) is 0 Å². The summed E-state index contributed by atoms with van der Waals surface area (Å²) >= 11 is 0. The number of nitrogens with zero attached hydrogens (tertiary/aromatic N) is 1. The Balaban J connectivity index is 1.90. The van der Waals surface area contributed by atoms with Crippen LogP contribution in [-0.2, 0) is 4.79 Å². The molecule has 104 valence electrons. The lowest BCUT2D eigenvalue weighted by Gasteiger charge is -2.37. The topological polar surface area (TPSA) is 40.5 Å². The maximum Gasteiger partial charge on any atom is 0.137 e. The first-order valence-electron chi connectivity index (χ1n) is 7.69. The summed E-state index contributed by atoms with van der Waals surface area (Å²) in [6.07, 6.45) is 10.0. The number of hydrogen-bond acceptors (Lipinski definition) is 3. The van der Waals surface area contributed by atoms with Gasteiger partial charge in [-0.3, -0.25) is 9.69 Å². The van der Waals surface area contributed by atoms with Crippen LogP contribution in [0, 0.1) is 5.92 Å². The summed E-state index contributed by atoms with van der Waals surface area (Å²) in [5.41, 5.74) is 0. The molecule has 2 fully saturated rings. The molecule has 0 aromatic rings. The summed E-state index contributed by atoms with van der Waals surface area (Å²) in [6.45, 7) is 2.34. The molecule has 0 bridgehead atoms. The molecule has 2 rings (SSSR count). The number of aliphatic hydroxyl groups is 1. The first kappa shape index (κ1) is 14.0. The summed E-state index contributed by atoms with van der Waals surface area (Å²) in [5.74, 6) is 0.757. The largest absolute Gasteiger partial charge is 0.396 e. The van der Waals surface area contributed by atoms with E-state index in [0.29, 0.717) is 11.8 Å². The number of likely N-dealkylation sites (tertiary alicyclic amines) is 1. The summed E-state index contributed by atoms with van der Waals surface area (Å²) in [6, 6.07) is 0.514. The van der Waals surface area contributed by atoms with Crippen molar-refractivity contribution in [2.75, 3.05) is 19.7 Å². The Hall–Kier alpha value is -0.410. The zero-order valence-electron chi connectivity index (χ0n) is 11.4. The molecule has 2 atom stereocenters. The molecular formula is C15H27NO2. The third kappa shape index (κ3) is 3.79. The Morgan fingerprint density at radius 3 is 2.78 bits per heavy atom. The van der Waals surface area contributed by atoms with Gasteiger partial charge in [-0.1, -0.05) is 19.3 Å². The molecule has 1 saturated carbocycles. The number of hydrogen-bond donors (Lipinski definition) is 1. The molecule has 1 heterocycles. The lowest BCUT2D eigenvalue weighted by atomic mass is 9.94. The van der Waals surface area contributed by atoms with Gasteiger partial charge < -0.3 is 5.11 Å². The van der Waals surface area contributed by atoms with Crippen molar-refractivity contribution >= 4 is 5.78 Å². The molecule has 1 aliphatic carbocycles. The van der Waals surface area contributed by atoms with Gasteiger partial charge in [0, 0.05) is 31.5 Å². The molecule has 2 aliphatic rings. The predicted molar refractivity (Wildman–Crippen MR) is 72.5 cm³/mol. The third-order valence-electron chi connectivity index (χ3n) is 4.60. The second-order valence-electron chi connectivity index (χ2n) is 5.92. The van der Waals surface area contributed by atoms with Gasteiger partial charge in [0.15, 0.2) is 0 Å². The smallest absolute Gasteiger partial charge is 0.137 e. The van der Waals surface area contributed by atoms with E-state index in [1.54, 1.807) is 0 Å². The quantitative estimate of drug-likeness (QED) is 0.782. The molecule has 0 amide bonds. The fraction of sp³-hybridized carbons (Fsp3) is 0.933. The van der Waals surface area contributed by atoms with E-state index in [2.05, 4.69) is 4.90 Å². The molecule has 1 saturated heterocycles. The molecule has 18 heavy (non-hydrogen) atoms. The van der Waals surface area contributed by atoms with E-state index in [1.807, 2.05) is 0 Å². The highest BCUT2D eigenvalue weighted by Crippen LogP contribution is 2.25. The molecule has 1 N–H and O–H groups in total. The summed E-state index contributed by atoms with van der Waals surface area (Å²) in [5, 5.41) is 9.15. The van der Waals surface area contributed by atoms with E-state index < -0.39 is 0 Å². The highest BCUT2D eigenvalue weighted by Gasteiger charge is 2.28. The molecule has 2 unspecified atom stereocenters. The van der Waals surface area contributed by atoms with Crippen LogP contribution in [0.2, 0.25) is 0 Å². The highest BCUT2D eigenvalue weighted by molar-refractivity contribution is 5.81. The summed E-state index contributed by atoms with van der Waals surface area (Å²) in [7, 11) is 0. The van der Waals surface area contributed by atoms with E-state index in [9.17, 15) is 4.79 Å². The maximum atomic E-state index is 12.1. The second-order valence-corrected chi connectivity index (χ2v) is 5.92. The molecule has 1 aliphatic heterocycles. The van der Waals surface area contributed by atoms with Crippen LogP contribution in [0.4, 0.5) is 0 Å². The summed E-state index contributed by atoms with van der Waals surface area (Å²) < 4.78 is 0. The summed E-state index contributed by atoms with van der Waals surface area (Å²) in [4.78, 5) is 14.6. The molecule has 0 spiro atoms. The van der Waals surface area contributed by atoms with Crippen LogP contribution in [0.1, 0.15) is 57.8 Å². The predicted octanol–water partition coefficient (Wildman–Crippen LogP) is 2.37. The monoisotopic (exact) mass is 253 g/mol. The highest BCUT2D eigenvalue weighted by atomic mass is 16.3. The van der Waals surface area contributed by atoms with E-state index in [0.717, 1.165) is 38.8 Å². The fourth-order valence-corrected chi connectivity index (χ4v) is 3.48. The lowest BCUT2D eigenvalue weighted by molar-refractivity contribution is -0.123. The van der Waals surface area contributed by atoms with E-state index in [-0.39, 0.29) is 12.5 Å². The number of rotatable bonds is 4. The van der Waals surface area contributed by atoms with Crippen LogP contribution >= 0.6 is 0 Å². The SMILES string of the molecule is O=C1CCCCCC1CN1CCCCC1CCO. The van der Waals surface area contributed by atoms with Gasteiger partial charge >= 0.3 is 0 Å². The lowest BCUT2D eigenvalue weighted by Crippen LogP contribution is -2.44. The first-order chi connectivity index (χ1) is 8.81. The van der Waals surface area contributed by atoms with Crippen LogP contribution in [0.25, 0.3) is 0 Å². The first-order valence-corrected chi connectivity index (χ1v) is 7.69. The van der Waals surface area contributed by atoms with Crippen molar-refractivity contribution in [3.8, 4) is 0 Å². The molecule has 3 nitrogen and oxygen atoms in total. The number of carbonyl (C=O) groups is 1. The minimum Gasteiger partial charge on any atom is -0.396 e. The van der Waals surface area contributed by atoms with Gasteiger partial charge in [0.25, 0.3) is 0 Å². The average Bonchev–Trinajstić information content (AvgIpc) is 2.58. The van der Waals surface area contributed by atoms with Gasteiger partial charge in [0.05, 0.1) is 0 Å². The van der Waals surface area contributed by atoms with E-state index >= 15 is 0 Å². The standard InChI is InChI=1S/C15H27NO2/c17-11-9-14-7-4-5-10-16(14)12-13-6-2-1-3-8-15(13)18/h13-14,17H,1-12H2. The van der Waals surface area contributed by atoms with Crippen LogP contribution in [0.3, 0.4) is 0 Å². The average molecular weight is 253 g/mol.